The predicted molar refractivity (Wildman–Crippen MR) is 165 cm³/mol. The first-order valence-electron chi connectivity index (χ1n) is 14.2. The maximum atomic E-state index is 13.7. The molecule has 222 valence electrons. The van der Waals surface area contributed by atoms with Gasteiger partial charge < -0.3 is 20.0 Å². The monoisotopic (exact) mass is 605 g/mol. The number of hydrogen-bond donors (Lipinski definition) is 1. The van der Waals surface area contributed by atoms with Gasteiger partial charge in [-0.25, -0.2) is 4.98 Å². The van der Waals surface area contributed by atoms with Crippen LogP contribution in [0.2, 0.25) is 5.02 Å². The van der Waals surface area contributed by atoms with Gasteiger partial charge in [-0.2, -0.15) is 13.2 Å². The van der Waals surface area contributed by atoms with Gasteiger partial charge in [-0.1, -0.05) is 41.4 Å². The number of pyridine rings is 1. The quantitative estimate of drug-likeness (QED) is 0.262. The van der Waals surface area contributed by atoms with Crippen LogP contribution >= 0.6 is 11.6 Å². The molecule has 1 saturated heterocycles. The first-order chi connectivity index (χ1) is 20.7. The number of nitrogens with zero attached hydrogens (tertiary/aromatic N) is 4. The molecule has 3 heterocycles. The van der Waals surface area contributed by atoms with Crippen molar-refractivity contribution in [2.75, 3.05) is 54.4 Å². The van der Waals surface area contributed by atoms with Gasteiger partial charge in [0.05, 0.1) is 11.3 Å². The van der Waals surface area contributed by atoms with E-state index in [1.165, 1.54) is 23.4 Å². The second-order valence-electron chi connectivity index (χ2n) is 10.9. The van der Waals surface area contributed by atoms with Gasteiger partial charge >= 0.3 is 6.18 Å². The lowest BCUT2D eigenvalue weighted by molar-refractivity contribution is -0.138. The summed E-state index contributed by atoms with van der Waals surface area (Å²) in [7, 11) is 0. The third kappa shape index (κ3) is 6.27. The van der Waals surface area contributed by atoms with E-state index < -0.39 is 11.7 Å². The Labute approximate surface area is 253 Å². The number of benzene rings is 3. The lowest BCUT2D eigenvalue weighted by Gasteiger charge is -2.36. The van der Waals surface area contributed by atoms with E-state index in [1.54, 1.807) is 6.20 Å². The molecule has 0 radical (unpaired) electrons. The van der Waals surface area contributed by atoms with Gasteiger partial charge in [0, 0.05) is 73.8 Å². The molecule has 1 N–H and O–H groups in total. The lowest BCUT2D eigenvalue weighted by atomic mass is 10.0. The van der Waals surface area contributed by atoms with Crippen molar-refractivity contribution in [1.82, 2.24) is 9.88 Å². The average molecular weight is 606 g/mol. The zero-order valence-electron chi connectivity index (χ0n) is 23.7. The highest BCUT2D eigenvalue weighted by Gasteiger charge is 2.34. The minimum atomic E-state index is -4.48. The Kier molecular flexibility index (Phi) is 7.92. The molecule has 0 atom stereocenters. The summed E-state index contributed by atoms with van der Waals surface area (Å²) in [6.07, 6.45) is -2.75. The second kappa shape index (κ2) is 11.8. The maximum absolute atomic E-state index is 13.7. The van der Waals surface area contributed by atoms with Gasteiger partial charge in [0.15, 0.2) is 0 Å². The number of alkyl halides is 3. The Balaban J connectivity index is 1.16. The summed E-state index contributed by atoms with van der Waals surface area (Å²) in [5.74, 6) is 0.609. The smallest absolute Gasteiger partial charge is 0.368 e. The van der Waals surface area contributed by atoms with E-state index in [0.717, 1.165) is 30.3 Å². The summed E-state index contributed by atoms with van der Waals surface area (Å²) in [4.78, 5) is 23.9. The van der Waals surface area contributed by atoms with Gasteiger partial charge in [0.2, 0.25) is 0 Å². The fourth-order valence-electron chi connectivity index (χ4n) is 5.67. The molecule has 1 amide bonds. The van der Waals surface area contributed by atoms with E-state index in [1.807, 2.05) is 40.1 Å². The van der Waals surface area contributed by atoms with Crippen molar-refractivity contribution in [3.8, 4) is 11.1 Å². The number of carbonyl (C=O) groups excluding carboxylic acids is 1. The number of aryl methyl sites for hydroxylation is 1. The van der Waals surface area contributed by atoms with Crippen molar-refractivity contribution in [2.24, 2.45) is 0 Å². The van der Waals surface area contributed by atoms with Crippen LogP contribution in [0.15, 0.2) is 79.0 Å². The van der Waals surface area contributed by atoms with Crippen molar-refractivity contribution in [2.45, 2.75) is 19.6 Å². The van der Waals surface area contributed by atoms with Crippen LogP contribution in [0.25, 0.3) is 11.1 Å². The van der Waals surface area contributed by atoms with Gasteiger partial charge in [0.1, 0.15) is 5.82 Å². The van der Waals surface area contributed by atoms with E-state index in [0.29, 0.717) is 43.2 Å². The van der Waals surface area contributed by atoms with E-state index in [9.17, 15) is 18.0 Å². The molecule has 0 spiro atoms. The summed E-state index contributed by atoms with van der Waals surface area (Å²) in [6, 6.07) is 21.4. The van der Waals surface area contributed by atoms with Gasteiger partial charge in [-0.15, -0.1) is 0 Å². The Hall–Kier alpha value is -4.24. The highest BCUT2D eigenvalue weighted by Crippen LogP contribution is 2.37. The van der Waals surface area contributed by atoms with Crippen molar-refractivity contribution < 1.29 is 18.0 Å². The third-order valence-electron chi connectivity index (χ3n) is 8.05. The largest absolute Gasteiger partial charge is 0.416 e. The van der Waals surface area contributed by atoms with Crippen molar-refractivity contribution in [1.29, 1.82) is 0 Å². The number of aromatic nitrogens is 1. The van der Waals surface area contributed by atoms with Crippen LogP contribution < -0.4 is 15.1 Å². The van der Waals surface area contributed by atoms with Gasteiger partial charge in [-0.05, 0) is 66.6 Å². The van der Waals surface area contributed by atoms with Crippen molar-refractivity contribution >= 4 is 34.7 Å². The number of rotatable bonds is 5. The molecule has 43 heavy (non-hydrogen) atoms. The fourth-order valence-corrected chi connectivity index (χ4v) is 5.86. The lowest BCUT2D eigenvalue weighted by Crippen LogP contribution is -2.48. The highest BCUT2D eigenvalue weighted by atomic mass is 35.5. The molecule has 6 rings (SSSR count). The van der Waals surface area contributed by atoms with E-state index in [4.69, 9.17) is 11.6 Å². The Bertz CT molecular complexity index is 1620. The van der Waals surface area contributed by atoms with E-state index in [-0.39, 0.29) is 23.0 Å². The normalized spacial score (nSPS) is 15.2. The number of fused-ring (bicyclic) bond motifs is 1. The highest BCUT2D eigenvalue weighted by molar-refractivity contribution is 6.30. The van der Waals surface area contributed by atoms with Gasteiger partial charge in [0.25, 0.3) is 5.91 Å². The molecule has 4 aromatic rings. The summed E-state index contributed by atoms with van der Waals surface area (Å²) >= 11 is 6.07. The Morgan fingerprint density at radius 1 is 0.907 bits per heavy atom. The molecule has 2 aliphatic heterocycles. The number of amides is 1. The molecule has 10 heteroatoms. The molecular formula is C33H31ClF3N5O. The standard InChI is InChI=1S/C33H31ClF3N5O/c1-22-2-9-28(10-3-22)40-14-16-41(17-15-40)32(43)24-6-4-23(5-7-24)25-19-30-31(39-20-25)38-12-13-42(30)21-26-18-27(34)8-11-29(26)33(35,36)37/h2-11,18-20H,12-17,21H2,1H3,(H,38,39). The van der Waals surface area contributed by atoms with Crippen molar-refractivity contribution in [3.05, 3.63) is 106 Å². The SMILES string of the molecule is Cc1ccc(N2CCN(C(=O)c3ccc(-c4cnc5c(c4)N(Cc4cc(Cl)ccc4C(F)(F)F)CCN5)cc3)CC2)cc1. The van der Waals surface area contributed by atoms with Crippen LogP contribution in [0.5, 0.6) is 0 Å². The molecule has 6 nitrogen and oxygen atoms in total. The zero-order chi connectivity index (χ0) is 30.1. The molecule has 0 bridgehead atoms. The first kappa shape index (κ1) is 28.9. The van der Waals surface area contributed by atoms with Crippen molar-refractivity contribution in [3.63, 3.8) is 0 Å². The summed E-state index contributed by atoms with van der Waals surface area (Å²) in [5.41, 5.74) is 4.80. The summed E-state index contributed by atoms with van der Waals surface area (Å²) in [5, 5.41) is 3.49. The second-order valence-corrected chi connectivity index (χ2v) is 11.4. The van der Waals surface area contributed by atoms with Crippen LogP contribution in [0.3, 0.4) is 0 Å². The number of nitrogens with one attached hydrogen (secondary N) is 1. The molecule has 1 fully saturated rings. The molecular weight excluding hydrogens is 575 g/mol. The summed E-state index contributed by atoms with van der Waals surface area (Å²) < 4.78 is 41.1. The van der Waals surface area contributed by atoms with Gasteiger partial charge in [-0.3, -0.25) is 4.79 Å². The van der Waals surface area contributed by atoms with Crippen LogP contribution in [-0.2, 0) is 12.7 Å². The van der Waals surface area contributed by atoms with Crippen LogP contribution in [0.1, 0.15) is 27.0 Å². The van der Waals surface area contributed by atoms with E-state index >= 15 is 0 Å². The molecule has 0 aliphatic carbocycles. The molecule has 2 aliphatic rings. The Morgan fingerprint density at radius 3 is 2.33 bits per heavy atom. The van der Waals surface area contributed by atoms with Crippen LogP contribution in [-0.4, -0.2) is 55.1 Å². The summed E-state index contributed by atoms with van der Waals surface area (Å²) in [6.45, 7) is 6.02. The van der Waals surface area contributed by atoms with E-state index in [2.05, 4.69) is 46.4 Å². The number of halogens is 4. The fraction of sp³-hybridized carbons (Fsp3) is 0.273. The zero-order valence-corrected chi connectivity index (χ0v) is 24.4. The predicted octanol–water partition coefficient (Wildman–Crippen LogP) is 7.12. The molecule has 0 saturated carbocycles. The molecule has 1 aromatic heterocycles. The third-order valence-corrected chi connectivity index (χ3v) is 8.28. The minimum absolute atomic E-state index is 0.00367. The molecule has 3 aromatic carbocycles. The maximum Gasteiger partial charge on any atom is 0.416 e. The van der Waals surface area contributed by atoms with Crippen LogP contribution in [0.4, 0.5) is 30.4 Å². The number of piperazine rings is 1. The van der Waals surface area contributed by atoms with Crippen LogP contribution in [0, 0.1) is 6.92 Å². The number of carbonyl (C=O) groups is 1. The first-order valence-corrected chi connectivity index (χ1v) is 14.6. The topological polar surface area (TPSA) is 51.7 Å². The molecule has 0 unspecified atom stereocenters. The number of anilines is 3. The number of hydrogen-bond acceptors (Lipinski definition) is 5. The minimum Gasteiger partial charge on any atom is -0.368 e. The Morgan fingerprint density at radius 2 is 1.63 bits per heavy atom. The average Bonchev–Trinajstić information content (AvgIpc) is 3.01.